The second-order valence-corrected chi connectivity index (χ2v) is 3.25. The Morgan fingerprint density at radius 1 is 1.27 bits per heavy atom. The molecule has 0 unspecified atom stereocenters. The topological polar surface area (TPSA) is 38.3 Å². The lowest BCUT2D eigenvalue weighted by molar-refractivity contribution is -0.115. The second-order valence-electron chi connectivity index (χ2n) is 3.25. The molecular weight excluding hydrogens is 190 g/mol. The van der Waals surface area contributed by atoms with Crippen molar-refractivity contribution in [1.82, 2.24) is 5.32 Å². The summed E-state index contributed by atoms with van der Waals surface area (Å²) in [6.45, 7) is 3.77. The third kappa shape index (κ3) is 1.76. The Bertz CT molecular complexity index is 443. The molecule has 3 heteroatoms. The molecule has 76 valence electrons. The van der Waals surface area contributed by atoms with E-state index in [0.717, 1.165) is 16.9 Å². The SMILES string of the molecule is C=C1NC(=O)C=C1c1ccc(OC)cc1. The van der Waals surface area contributed by atoms with Crippen molar-refractivity contribution >= 4 is 11.5 Å². The first kappa shape index (κ1) is 9.52. The normalized spacial score (nSPS) is 14.9. The van der Waals surface area contributed by atoms with E-state index in [1.807, 2.05) is 24.3 Å². The van der Waals surface area contributed by atoms with E-state index in [9.17, 15) is 4.79 Å². The first-order chi connectivity index (χ1) is 7.20. The van der Waals surface area contributed by atoms with Crippen molar-refractivity contribution in [3.8, 4) is 5.75 Å². The minimum atomic E-state index is -0.120. The zero-order valence-electron chi connectivity index (χ0n) is 8.41. The number of nitrogens with one attached hydrogen (secondary N) is 1. The zero-order valence-corrected chi connectivity index (χ0v) is 8.41. The van der Waals surface area contributed by atoms with E-state index < -0.39 is 0 Å². The van der Waals surface area contributed by atoms with Crippen LogP contribution in [-0.4, -0.2) is 13.0 Å². The molecule has 0 radical (unpaired) electrons. The number of rotatable bonds is 2. The number of amides is 1. The summed E-state index contributed by atoms with van der Waals surface area (Å²) in [5.74, 6) is 0.674. The Labute approximate surface area is 88.1 Å². The molecule has 0 aliphatic carbocycles. The van der Waals surface area contributed by atoms with Crippen LogP contribution in [0.25, 0.3) is 5.57 Å². The third-order valence-electron chi connectivity index (χ3n) is 2.28. The van der Waals surface area contributed by atoms with Gasteiger partial charge in [0.1, 0.15) is 5.75 Å². The van der Waals surface area contributed by atoms with Gasteiger partial charge < -0.3 is 10.1 Å². The summed E-state index contributed by atoms with van der Waals surface area (Å²) in [6, 6.07) is 7.50. The smallest absolute Gasteiger partial charge is 0.249 e. The molecule has 0 atom stereocenters. The number of methoxy groups -OCH3 is 1. The lowest BCUT2D eigenvalue weighted by Gasteiger charge is -2.05. The van der Waals surface area contributed by atoms with E-state index in [2.05, 4.69) is 11.9 Å². The molecule has 1 aliphatic rings. The van der Waals surface area contributed by atoms with Crippen LogP contribution in [0.15, 0.2) is 42.6 Å². The van der Waals surface area contributed by atoms with Crippen molar-refractivity contribution in [2.24, 2.45) is 0 Å². The van der Waals surface area contributed by atoms with Crippen molar-refractivity contribution in [3.63, 3.8) is 0 Å². The first-order valence-corrected chi connectivity index (χ1v) is 4.57. The van der Waals surface area contributed by atoms with Gasteiger partial charge in [0, 0.05) is 17.3 Å². The molecule has 0 spiro atoms. The molecule has 2 rings (SSSR count). The van der Waals surface area contributed by atoms with Crippen molar-refractivity contribution in [1.29, 1.82) is 0 Å². The predicted molar refractivity (Wildman–Crippen MR) is 58.3 cm³/mol. The van der Waals surface area contributed by atoms with Crippen LogP contribution in [0.3, 0.4) is 0 Å². The van der Waals surface area contributed by atoms with Gasteiger partial charge in [-0.15, -0.1) is 0 Å². The highest BCUT2D eigenvalue weighted by Crippen LogP contribution is 2.25. The summed E-state index contributed by atoms with van der Waals surface area (Å²) >= 11 is 0. The molecule has 15 heavy (non-hydrogen) atoms. The Morgan fingerprint density at radius 3 is 2.40 bits per heavy atom. The van der Waals surface area contributed by atoms with E-state index in [-0.39, 0.29) is 5.91 Å². The van der Waals surface area contributed by atoms with Gasteiger partial charge in [0.15, 0.2) is 0 Å². The summed E-state index contributed by atoms with van der Waals surface area (Å²) in [7, 11) is 1.62. The van der Waals surface area contributed by atoms with Gasteiger partial charge in [-0.05, 0) is 17.7 Å². The van der Waals surface area contributed by atoms with Gasteiger partial charge in [0.05, 0.1) is 7.11 Å². The highest BCUT2D eigenvalue weighted by molar-refractivity contribution is 6.06. The van der Waals surface area contributed by atoms with Crippen LogP contribution in [0.4, 0.5) is 0 Å². The number of carbonyl (C=O) groups excluding carboxylic acids is 1. The average molecular weight is 201 g/mol. The van der Waals surface area contributed by atoms with Gasteiger partial charge >= 0.3 is 0 Å². The maximum Gasteiger partial charge on any atom is 0.249 e. The van der Waals surface area contributed by atoms with Gasteiger partial charge in [-0.25, -0.2) is 0 Å². The molecule has 0 bridgehead atoms. The van der Waals surface area contributed by atoms with Crippen molar-refractivity contribution < 1.29 is 9.53 Å². The van der Waals surface area contributed by atoms with Crippen LogP contribution in [0.2, 0.25) is 0 Å². The van der Waals surface area contributed by atoms with E-state index in [1.165, 1.54) is 0 Å². The number of benzene rings is 1. The van der Waals surface area contributed by atoms with Crippen molar-refractivity contribution in [3.05, 3.63) is 48.2 Å². The summed E-state index contributed by atoms with van der Waals surface area (Å²) in [5, 5.41) is 2.64. The Morgan fingerprint density at radius 2 is 1.93 bits per heavy atom. The van der Waals surface area contributed by atoms with Gasteiger partial charge in [-0.3, -0.25) is 4.79 Å². The lowest BCUT2D eigenvalue weighted by Crippen LogP contribution is -2.12. The Balaban J connectivity index is 2.34. The summed E-state index contributed by atoms with van der Waals surface area (Å²) < 4.78 is 5.06. The van der Waals surface area contributed by atoms with Gasteiger partial charge in [-0.2, -0.15) is 0 Å². The lowest BCUT2D eigenvalue weighted by atomic mass is 10.1. The van der Waals surface area contributed by atoms with Gasteiger partial charge in [0.2, 0.25) is 5.91 Å². The monoisotopic (exact) mass is 201 g/mol. The number of hydrogen-bond donors (Lipinski definition) is 1. The molecule has 0 saturated heterocycles. The fourth-order valence-corrected chi connectivity index (χ4v) is 1.50. The van der Waals surface area contributed by atoms with Crippen LogP contribution < -0.4 is 10.1 Å². The molecule has 1 heterocycles. The van der Waals surface area contributed by atoms with E-state index in [0.29, 0.717) is 5.70 Å². The average Bonchev–Trinajstić information content (AvgIpc) is 2.58. The molecule has 1 N–H and O–H groups in total. The predicted octanol–water partition coefficient (Wildman–Crippen LogP) is 1.72. The van der Waals surface area contributed by atoms with E-state index >= 15 is 0 Å². The number of ether oxygens (including phenoxy) is 1. The van der Waals surface area contributed by atoms with Crippen molar-refractivity contribution in [2.45, 2.75) is 0 Å². The molecule has 0 fully saturated rings. The van der Waals surface area contributed by atoms with Crippen LogP contribution in [-0.2, 0) is 4.79 Å². The Hall–Kier alpha value is -2.03. The highest BCUT2D eigenvalue weighted by atomic mass is 16.5. The summed E-state index contributed by atoms with van der Waals surface area (Å²) in [4.78, 5) is 11.1. The zero-order chi connectivity index (χ0) is 10.8. The molecule has 1 aromatic carbocycles. The van der Waals surface area contributed by atoms with Gasteiger partial charge in [-0.1, -0.05) is 18.7 Å². The summed E-state index contributed by atoms with van der Waals surface area (Å²) in [5.41, 5.74) is 2.44. The van der Waals surface area contributed by atoms with E-state index in [1.54, 1.807) is 13.2 Å². The fourth-order valence-electron chi connectivity index (χ4n) is 1.50. The maximum atomic E-state index is 11.1. The molecule has 1 aromatic rings. The van der Waals surface area contributed by atoms with Gasteiger partial charge in [0.25, 0.3) is 0 Å². The Kier molecular flexibility index (Phi) is 2.29. The summed E-state index contributed by atoms with van der Waals surface area (Å²) in [6.07, 6.45) is 1.55. The molecule has 0 aromatic heterocycles. The molecule has 3 nitrogen and oxygen atoms in total. The van der Waals surface area contributed by atoms with Crippen molar-refractivity contribution in [2.75, 3.05) is 7.11 Å². The minimum Gasteiger partial charge on any atom is -0.497 e. The number of carbonyl (C=O) groups is 1. The van der Waals surface area contributed by atoms with Crippen LogP contribution in [0, 0.1) is 0 Å². The minimum absolute atomic E-state index is 0.120. The second kappa shape index (κ2) is 3.61. The molecule has 1 amide bonds. The third-order valence-corrected chi connectivity index (χ3v) is 2.28. The quantitative estimate of drug-likeness (QED) is 0.791. The molecule has 0 saturated carbocycles. The maximum absolute atomic E-state index is 11.1. The highest BCUT2D eigenvalue weighted by Gasteiger charge is 2.16. The van der Waals surface area contributed by atoms with E-state index in [4.69, 9.17) is 4.74 Å². The largest absolute Gasteiger partial charge is 0.497 e. The van der Waals surface area contributed by atoms with Crippen LogP contribution >= 0.6 is 0 Å². The standard InChI is InChI=1S/C12H11NO2/c1-8-11(7-12(14)13-8)9-3-5-10(15-2)6-4-9/h3-7H,1H2,2H3,(H,13,14). The van der Waals surface area contributed by atoms with Crippen LogP contribution in [0.1, 0.15) is 5.56 Å². The molecular formula is C12H11NO2. The van der Waals surface area contributed by atoms with Crippen LogP contribution in [0.5, 0.6) is 5.75 Å². The number of hydrogen-bond acceptors (Lipinski definition) is 2. The first-order valence-electron chi connectivity index (χ1n) is 4.57. The molecule has 1 aliphatic heterocycles. The number of allylic oxidation sites excluding steroid dienone is 1. The fraction of sp³-hybridized carbons (Fsp3) is 0.0833.